The van der Waals surface area contributed by atoms with Crippen molar-refractivity contribution in [2.24, 2.45) is 0 Å². The van der Waals surface area contributed by atoms with Crippen molar-refractivity contribution in [2.45, 2.75) is 5.41 Å². The molecule has 3 aromatic heterocycles. The molecule has 1 aliphatic heterocycles. The Morgan fingerprint density at radius 1 is 0.466 bits per heavy atom. The first-order valence-electron chi connectivity index (χ1n) is 19.7. The number of para-hydroxylation sites is 4. The zero-order valence-corrected chi connectivity index (χ0v) is 31.9. The quantitative estimate of drug-likeness (QED) is 0.180. The minimum Gasteiger partial charge on any atom is -0.457 e. The first kappa shape index (κ1) is 31.8. The fraction of sp³-hybridized carbons (Fsp3) is 0.0189. The SMILES string of the molecule is c1ccc(-n2c3ccccc3c3cc(-c4nc(-c5ccc6c(c5)-c5ccccc5C65c6ccccc6Oc6ccccc65)c5sc6ccccc6c5n4)ccc32)cc1. The van der Waals surface area contributed by atoms with Gasteiger partial charge in [-0.1, -0.05) is 127 Å². The summed E-state index contributed by atoms with van der Waals surface area (Å²) in [6.45, 7) is 0. The highest BCUT2D eigenvalue weighted by molar-refractivity contribution is 7.26. The Labute approximate surface area is 337 Å². The van der Waals surface area contributed by atoms with Gasteiger partial charge in [0.1, 0.15) is 11.5 Å². The van der Waals surface area contributed by atoms with Crippen molar-refractivity contribution >= 4 is 53.4 Å². The van der Waals surface area contributed by atoms with Gasteiger partial charge in [-0.2, -0.15) is 0 Å². The Morgan fingerprint density at radius 3 is 1.93 bits per heavy atom. The number of benzene rings is 8. The van der Waals surface area contributed by atoms with E-state index >= 15 is 0 Å². The predicted molar refractivity (Wildman–Crippen MR) is 238 cm³/mol. The van der Waals surface area contributed by atoms with Gasteiger partial charge in [-0.3, -0.25) is 0 Å². The van der Waals surface area contributed by atoms with Gasteiger partial charge >= 0.3 is 0 Å². The van der Waals surface area contributed by atoms with E-state index in [1.54, 1.807) is 11.3 Å². The van der Waals surface area contributed by atoms with Gasteiger partial charge in [0.05, 0.1) is 32.4 Å². The lowest BCUT2D eigenvalue weighted by Crippen LogP contribution is -2.32. The molecule has 8 aromatic carbocycles. The van der Waals surface area contributed by atoms with Gasteiger partial charge in [0.2, 0.25) is 0 Å². The summed E-state index contributed by atoms with van der Waals surface area (Å²) < 4.78 is 11.2. The van der Waals surface area contributed by atoms with Crippen molar-refractivity contribution in [3.63, 3.8) is 0 Å². The molecule has 11 aromatic rings. The normalized spacial score (nSPS) is 13.4. The molecule has 0 fully saturated rings. The Morgan fingerprint density at radius 2 is 1.10 bits per heavy atom. The molecule has 2 aliphatic rings. The summed E-state index contributed by atoms with van der Waals surface area (Å²) in [6, 6.07) is 67.5. The van der Waals surface area contributed by atoms with Crippen molar-refractivity contribution < 1.29 is 4.74 Å². The largest absolute Gasteiger partial charge is 0.457 e. The van der Waals surface area contributed by atoms with Crippen molar-refractivity contribution in [3.8, 4) is 51.0 Å². The molecule has 4 heterocycles. The maximum atomic E-state index is 6.58. The van der Waals surface area contributed by atoms with E-state index in [1.807, 2.05) is 0 Å². The predicted octanol–water partition coefficient (Wildman–Crippen LogP) is 13.7. The van der Waals surface area contributed by atoms with Gasteiger partial charge < -0.3 is 9.30 Å². The maximum Gasteiger partial charge on any atom is 0.160 e. The standard InChI is InChI=1S/C53H31N3OS/c1-2-14-34(15-3-1)56-44-22-10-5-17-36(44)39-31-33(27-29-45(39)56)52-54-49(51-50(55-52)37-18-6-13-25-48(37)58-51)32-26-28-41-38(30-32)35-16-4-7-19-40(35)53(41)42-20-8-11-23-46(42)57-47-24-12-9-21-43(47)53/h1-31H. The lowest BCUT2D eigenvalue weighted by molar-refractivity contribution is 0.436. The van der Waals surface area contributed by atoms with Crippen LogP contribution in [0.15, 0.2) is 188 Å². The van der Waals surface area contributed by atoms with Gasteiger partial charge in [-0.05, 0) is 82.9 Å². The minimum absolute atomic E-state index is 0.520. The lowest BCUT2D eigenvalue weighted by Gasteiger charge is -2.39. The second-order valence-electron chi connectivity index (χ2n) is 15.2. The van der Waals surface area contributed by atoms with Crippen LogP contribution in [-0.2, 0) is 5.41 Å². The highest BCUT2D eigenvalue weighted by Gasteiger charge is 2.51. The van der Waals surface area contributed by atoms with Crippen LogP contribution in [-0.4, -0.2) is 14.5 Å². The molecule has 0 saturated heterocycles. The number of hydrogen-bond acceptors (Lipinski definition) is 4. The minimum atomic E-state index is -0.520. The number of nitrogens with zero attached hydrogens (tertiary/aromatic N) is 3. The van der Waals surface area contributed by atoms with Crippen LogP contribution in [0.5, 0.6) is 11.5 Å². The third kappa shape index (κ3) is 4.23. The smallest absolute Gasteiger partial charge is 0.160 e. The summed E-state index contributed by atoms with van der Waals surface area (Å²) in [5.41, 5.74) is 14.2. The van der Waals surface area contributed by atoms with Crippen LogP contribution in [0.4, 0.5) is 0 Å². The molecular formula is C53H31N3OS. The van der Waals surface area contributed by atoms with Gasteiger partial charge in [-0.25, -0.2) is 9.97 Å². The first-order valence-corrected chi connectivity index (χ1v) is 20.5. The zero-order valence-electron chi connectivity index (χ0n) is 31.1. The van der Waals surface area contributed by atoms with E-state index in [0.29, 0.717) is 5.82 Å². The Bertz CT molecular complexity index is 3460. The molecule has 4 nitrogen and oxygen atoms in total. The number of fused-ring (bicyclic) bond motifs is 15. The van der Waals surface area contributed by atoms with Crippen LogP contribution < -0.4 is 4.74 Å². The van der Waals surface area contributed by atoms with Gasteiger partial charge in [-0.15, -0.1) is 11.3 Å². The van der Waals surface area contributed by atoms with E-state index in [1.165, 1.54) is 43.2 Å². The van der Waals surface area contributed by atoms with Crippen molar-refractivity contribution in [1.29, 1.82) is 0 Å². The number of thiophene rings is 1. The van der Waals surface area contributed by atoms with Gasteiger partial charge in [0.25, 0.3) is 0 Å². The molecule has 1 aliphatic carbocycles. The Balaban J connectivity index is 1.06. The third-order valence-electron chi connectivity index (χ3n) is 12.3. The van der Waals surface area contributed by atoms with Gasteiger partial charge in [0, 0.05) is 48.8 Å². The molecule has 0 saturated carbocycles. The van der Waals surface area contributed by atoms with Crippen LogP contribution in [0, 0.1) is 0 Å². The second-order valence-corrected chi connectivity index (χ2v) is 16.3. The van der Waals surface area contributed by atoms with E-state index in [4.69, 9.17) is 14.7 Å². The number of rotatable bonds is 3. The van der Waals surface area contributed by atoms with Crippen molar-refractivity contribution in [2.75, 3.05) is 0 Å². The number of aromatic nitrogens is 3. The second kappa shape index (κ2) is 11.8. The average Bonchev–Trinajstić information content (AvgIpc) is 3.93. The molecule has 270 valence electrons. The molecule has 0 radical (unpaired) electrons. The summed E-state index contributed by atoms with van der Waals surface area (Å²) in [4.78, 5) is 10.9. The molecule has 13 rings (SSSR count). The van der Waals surface area contributed by atoms with E-state index in [9.17, 15) is 0 Å². The van der Waals surface area contributed by atoms with Crippen LogP contribution in [0.25, 0.3) is 81.6 Å². The topological polar surface area (TPSA) is 39.9 Å². The molecule has 0 atom stereocenters. The van der Waals surface area contributed by atoms with E-state index in [0.717, 1.165) is 66.3 Å². The fourth-order valence-corrected chi connectivity index (χ4v) is 11.0. The van der Waals surface area contributed by atoms with Crippen LogP contribution in [0.1, 0.15) is 22.3 Å². The molecule has 0 bridgehead atoms. The van der Waals surface area contributed by atoms with Crippen LogP contribution in [0.2, 0.25) is 0 Å². The van der Waals surface area contributed by atoms with E-state index < -0.39 is 5.41 Å². The number of hydrogen-bond donors (Lipinski definition) is 0. The van der Waals surface area contributed by atoms with E-state index in [2.05, 4.69) is 193 Å². The summed E-state index contributed by atoms with van der Waals surface area (Å²) >= 11 is 1.77. The molecule has 5 heteroatoms. The average molecular weight is 758 g/mol. The lowest BCUT2D eigenvalue weighted by atomic mass is 9.66. The third-order valence-corrected chi connectivity index (χ3v) is 13.5. The monoisotopic (exact) mass is 757 g/mol. The van der Waals surface area contributed by atoms with Crippen LogP contribution in [0.3, 0.4) is 0 Å². The van der Waals surface area contributed by atoms with Crippen molar-refractivity contribution in [1.82, 2.24) is 14.5 Å². The molecule has 1 spiro atoms. The highest BCUT2D eigenvalue weighted by Crippen LogP contribution is 2.62. The maximum absolute atomic E-state index is 6.58. The molecular weight excluding hydrogens is 727 g/mol. The molecule has 0 amide bonds. The summed E-state index contributed by atoms with van der Waals surface area (Å²) in [6.07, 6.45) is 0. The Hall–Kier alpha value is -7.34. The number of ether oxygens (including phenoxy) is 1. The summed E-state index contributed by atoms with van der Waals surface area (Å²) in [7, 11) is 0. The molecule has 58 heavy (non-hydrogen) atoms. The fourth-order valence-electron chi connectivity index (χ4n) is 9.89. The summed E-state index contributed by atoms with van der Waals surface area (Å²) in [5.74, 6) is 2.50. The molecule has 0 N–H and O–H groups in total. The van der Waals surface area contributed by atoms with Crippen molar-refractivity contribution in [3.05, 3.63) is 210 Å². The van der Waals surface area contributed by atoms with E-state index in [-0.39, 0.29) is 0 Å². The highest BCUT2D eigenvalue weighted by atomic mass is 32.1. The molecule has 0 unspecified atom stereocenters. The zero-order chi connectivity index (χ0) is 38.0. The Kier molecular flexibility index (Phi) is 6.49. The van der Waals surface area contributed by atoms with Crippen LogP contribution >= 0.6 is 11.3 Å². The van der Waals surface area contributed by atoms with Gasteiger partial charge in [0.15, 0.2) is 5.82 Å². The first-order chi connectivity index (χ1) is 28.8. The summed E-state index contributed by atoms with van der Waals surface area (Å²) in [5, 5.41) is 3.52.